The van der Waals surface area contributed by atoms with Gasteiger partial charge in [-0.1, -0.05) is 31.4 Å². The molecule has 0 spiro atoms. The van der Waals surface area contributed by atoms with Gasteiger partial charge in [0, 0.05) is 6.04 Å². The first-order valence-corrected chi connectivity index (χ1v) is 7.16. The van der Waals surface area contributed by atoms with Gasteiger partial charge < -0.3 is 15.7 Å². The summed E-state index contributed by atoms with van der Waals surface area (Å²) in [7, 11) is 0. The lowest BCUT2D eigenvalue weighted by molar-refractivity contribution is -0.137. The fourth-order valence-electron chi connectivity index (χ4n) is 1.85. The molecule has 3 N–H and O–H groups in total. The number of aromatic nitrogens is 3. The van der Waals surface area contributed by atoms with Crippen molar-refractivity contribution in [3.63, 3.8) is 0 Å². The van der Waals surface area contributed by atoms with E-state index in [4.69, 9.17) is 5.11 Å². The van der Waals surface area contributed by atoms with Crippen molar-refractivity contribution < 1.29 is 14.7 Å². The molecule has 8 nitrogen and oxygen atoms in total. The van der Waals surface area contributed by atoms with Gasteiger partial charge in [-0.2, -0.15) is 0 Å². The predicted octanol–water partition coefficient (Wildman–Crippen LogP) is 1.13. The molecule has 1 aromatic heterocycles. The van der Waals surface area contributed by atoms with Crippen LogP contribution in [0.5, 0.6) is 0 Å². The van der Waals surface area contributed by atoms with Crippen LogP contribution in [0.2, 0.25) is 0 Å². The van der Waals surface area contributed by atoms with Gasteiger partial charge >= 0.3 is 12.0 Å². The molecule has 0 aliphatic carbocycles. The smallest absolute Gasteiger partial charge is 0.325 e. The van der Waals surface area contributed by atoms with Crippen LogP contribution in [0, 0.1) is 0 Å². The summed E-state index contributed by atoms with van der Waals surface area (Å²) in [5.74, 6) is -0.988. The third-order valence-corrected chi connectivity index (χ3v) is 2.93. The first kappa shape index (κ1) is 16.9. The zero-order chi connectivity index (χ0) is 15.7. The minimum Gasteiger partial charge on any atom is -0.480 e. The number of carbonyl (C=O) groups is 2. The number of carboxylic acids is 1. The van der Waals surface area contributed by atoms with Gasteiger partial charge in [-0.3, -0.25) is 4.79 Å². The molecule has 0 saturated carbocycles. The van der Waals surface area contributed by atoms with Gasteiger partial charge in [-0.15, -0.1) is 5.10 Å². The molecule has 1 aromatic rings. The standard InChI is InChI=1S/C13H23N5O3/c1-3-4-5-6-10(2)15-13(21)14-7-11-8-18(17-16-11)9-12(19)20/h8,10H,3-7,9H2,1-2H3,(H,19,20)(H2,14,15,21). The molecule has 0 aliphatic heterocycles. The van der Waals surface area contributed by atoms with Crippen LogP contribution < -0.4 is 10.6 Å². The van der Waals surface area contributed by atoms with Crippen LogP contribution in [0.15, 0.2) is 6.20 Å². The van der Waals surface area contributed by atoms with Crippen LogP contribution in [0.25, 0.3) is 0 Å². The molecular formula is C13H23N5O3. The summed E-state index contributed by atoms with van der Waals surface area (Å²) >= 11 is 0. The minimum atomic E-state index is -0.988. The van der Waals surface area contributed by atoms with Crippen LogP contribution in [-0.2, 0) is 17.9 Å². The molecule has 1 heterocycles. The number of hydrogen-bond donors (Lipinski definition) is 3. The van der Waals surface area contributed by atoms with Gasteiger partial charge in [0.2, 0.25) is 0 Å². The van der Waals surface area contributed by atoms with E-state index in [0.717, 1.165) is 19.3 Å². The molecule has 1 unspecified atom stereocenters. The van der Waals surface area contributed by atoms with Crippen molar-refractivity contribution in [3.05, 3.63) is 11.9 Å². The number of unbranched alkanes of at least 4 members (excludes halogenated alkanes) is 2. The van der Waals surface area contributed by atoms with Crippen LogP contribution in [-0.4, -0.2) is 38.1 Å². The van der Waals surface area contributed by atoms with E-state index < -0.39 is 5.97 Å². The largest absolute Gasteiger partial charge is 0.480 e. The SMILES string of the molecule is CCCCCC(C)NC(=O)NCc1cn(CC(=O)O)nn1. The molecule has 0 fully saturated rings. The number of carboxylic acid groups (broad SMARTS) is 1. The highest BCUT2D eigenvalue weighted by Crippen LogP contribution is 2.02. The molecule has 0 bridgehead atoms. The number of hydrogen-bond acceptors (Lipinski definition) is 4. The van der Waals surface area contributed by atoms with Gasteiger partial charge in [0.15, 0.2) is 0 Å². The zero-order valence-corrected chi connectivity index (χ0v) is 12.5. The average molecular weight is 297 g/mol. The summed E-state index contributed by atoms with van der Waals surface area (Å²) in [5.41, 5.74) is 0.519. The first-order valence-electron chi connectivity index (χ1n) is 7.16. The number of rotatable bonds is 9. The van der Waals surface area contributed by atoms with E-state index in [9.17, 15) is 9.59 Å². The van der Waals surface area contributed by atoms with Crippen molar-refractivity contribution >= 4 is 12.0 Å². The second kappa shape index (κ2) is 8.93. The molecule has 0 saturated heterocycles. The van der Waals surface area contributed by atoms with Crippen LogP contribution in [0.3, 0.4) is 0 Å². The second-order valence-corrected chi connectivity index (χ2v) is 5.03. The van der Waals surface area contributed by atoms with E-state index in [0.29, 0.717) is 5.69 Å². The molecule has 0 aromatic carbocycles. The first-order chi connectivity index (χ1) is 10.0. The molecule has 2 amide bonds. The highest BCUT2D eigenvalue weighted by molar-refractivity contribution is 5.74. The molecule has 118 valence electrons. The Hall–Kier alpha value is -2.12. The average Bonchev–Trinajstić information content (AvgIpc) is 2.83. The van der Waals surface area contributed by atoms with E-state index in [-0.39, 0.29) is 25.2 Å². The fraction of sp³-hybridized carbons (Fsp3) is 0.692. The highest BCUT2D eigenvalue weighted by Gasteiger charge is 2.08. The van der Waals surface area contributed by atoms with E-state index in [1.54, 1.807) is 0 Å². The topological polar surface area (TPSA) is 109 Å². The van der Waals surface area contributed by atoms with Gasteiger partial charge in [-0.25, -0.2) is 9.48 Å². The Labute approximate surface area is 123 Å². The molecule has 1 atom stereocenters. The monoisotopic (exact) mass is 297 g/mol. The number of urea groups is 1. The quantitative estimate of drug-likeness (QED) is 0.592. The lowest BCUT2D eigenvalue weighted by Crippen LogP contribution is -2.40. The Morgan fingerprint density at radius 1 is 1.43 bits per heavy atom. The van der Waals surface area contributed by atoms with Gasteiger partial charge in [0.05, 0.1) is 12.7 Å². The Morgan fingerprint density at radius 3 is 2.86 bits per heavy atom. The fourth-order valence-corrected chi connectivity index (χ4v) is 1.85. The van der Waals surface area contributed by atoms with Crippen molar-refractivity contribution in [1.82, 2.24) is 25.6 Å². The molecule has 1 rings (SSSR count). The van der Waals surface area contributed by atoms with E-state index in [1.807, 2.05) is 6.92 Å². The number of carbonyl (C=O) groups excluding carboxylic acids is 1. The number of nitrogens with one attached hydrogen (secondary N) is 2. The summed E-state index contributed by atoms with van der Waals surface area (Å²) in [6.45, 7) is 4.08. The van der Waals surface area contributed by atoms with Crippen molar-refractivity contribution in [3.8, 4) is 0 Å². The Kier molecular flexibility index (Phi) is 7.20. The maximum atomic E-state index is 11.7. The number of aliphatic carboxylic acids is 1. The highest BCUT2D eigenvalue weighted by atomic mass is 16.4. The van der Waals surface area contributed by atoms with Crippen LogP contribution in [0.1, 0.15) is 45.2 Å². The molecule has 8 heteroatoms. The van der Waals surface area contributed by atoms with Crippen molar-refractivity contribution in [1.29, 1.82) is 0 Å². The maximum Gasteiger partial charge on any atom is 0.325 e. The van der Waals surface area contributed by atoms with E-state index in [2.05, 4.69) is 27.9 Å². The van der Waals surface area contributed by atoms with E-state index in [1.165, 1.54) is 17.3 Å². The summed E-state index contributed by atoms with van der Waals surface area (Å²) in [6, 6.07) is -0.133. The number of amides is 2. The van der Waals surface area contributed by atoms with Crippen LogP contribution in [0.4, 0.5) is 4.79 Å². The normalized spacial score (nSPS) is 11.9. The van der Waals surface area contributed by atoms with Crippen LogP contribution >= 0.6 is 0 Å². The Morgan fingerprint density at radius 2 is 2.19 bits per heavy atom. The van der Waals surface area contributed by atoms with Gasteiger partial charge in [-0.05, 0) is 13.3 Å². The third-order valence-electron chi connectivity index (χ3n) is 2.93. The molecule has 0 radical (unpaired) electrons. The zero-order valence-electron chi connectivity index (χ0n) is 12.5. The predicted molar refractivity (Wildman–Crippen MR) is 76.6 cm³/mol. The lowest BCUT2D eigenvalue weighted by atomic mass is 10.1. The summed E-state index contributed by atoms with van der Waals surface area (Å²) < 4.78 is 1.21. The third kappa shape index (κ3) is 7.28. The molecule has 21 heavy (non-hydrogen) atoms. The minimum absolute atomic E-state index is 0.124. The molecular weight excluding hydrogens is 274 g/mol. The second-order valence-electron chi connectivity index (χ2n) is 5.03. The Balaban J connectivity index is 2.26. The van der Waals surface area contributed by atoms with E-state index >= 15 is 0 Å². The number of nitrogens with zero attached hydrogens (tertiary/aromatic N) is 3. The van der Waals surface area contributed by atoms with Crippen molar-refractivity contribution in [2.24, 2.45) is 0 Å². The molecule has 0 aliphatic rings. The summed E-state index contributed by atoms with van der Waals surface area (Å²) in [5, 5.41) is 21.6. The van der Waals surface area contributed by atoms with Gasteiger partial charge in [0.25, 0.3) is 0 Å². The maximum absolute atomic E-state index is 11.7. The lowest BCUT2D eigenvalue weighted by Gasteiger charge is -2.13. The summed E-state index contributed by atoms with van der Waals surface area (Å²) in [4.78, 5) is 22.2. The van der Waals surface area contributed by atoms with Crippen molar-refractivity contribution in [2.75, 3.05) is 0 Å². The van der Waals surface area contributed by atoms with Crippen molar-refractivity contribution in [2.45, 2.75) is 58.7 Å². The Bertz CT molecular complexity index is 460. The summed E-state index contributed by atoms with van der Waals surface area (Å²) in [6.07, 6.45) is 5.88. The van der Waals surface area contributed by atoms with Gasteiger partial charge in [0.1, 0.15) is 12.2 Å².